The Morgan fingerprint density at radius 3 is 1.95 bits per heavy atom. The summed E-state index contributed by atoms with van der Waals surface area (Å²) in [6, 6.07) is 18.5. The summed E-state index contributed by atoms with van der Waals surface area (Å²) in [5.74, 6) is 0. The third kappa shape index (κ3) is 5.48. The van der Waals surface area contributed by atoms with E-state index in [1.807, 2.05) is 81.4 Å². The monoisotopic (exact) mass is 290 g/mol. The fourth-order valence-electron chi connectivity index (χ4n) is 1.69. The Kier molecular flexibility index (Phi) is 6.54. The van der Waals surface area contributed by atoms with Gasteiger partial charge in [-0.15, -0.1) is 5.69 Å². The van der Waals surface area contributed by atoms with Crippen LogP contribution in [0.25, 0.3) is 5.43 Å². The van der Waals surface area contributed by atoms with Crippen LogP contribution in [-0.2, 0) is 4.74 Å². The predicted octanol–water partition coefficient (Wildman–Crippen LogP) is 2.05. The van der Waals surface area contributed by atoms with Gasteiger partial charge in [0, 0.05) is 5.69 Å². The molecule has 0 aliphatic heterocycles. The van der Waals surface area contributed by atoms with Crippen molar-refractivity contribution in [1.82, 2.24) is 0 Å². The Morgan fingerprint density at radius 2 is 1.45 bits per heavy atom. The minimum absolute atomic E-state index is 0. The van der Waals surface area contributed by atoms with Gasteiger partial charge in [-0.05, 0) is 32.9 Å². The molecule has 0 aromatic heterocycles. The SMILES string of the molecule is CC(C)(C)OC(=O)N([N-]c1ccccc1)c1ccccc1.[Li+]. The summed E-state index contributed by atoms with van der Waals surface area (Å²) in [6.07, 6.45) is -0.502. The van der Waals surface area contributed by atoms with Crippen LogP contribution in [0.1, 0.15) is 20.8 Å². The second kappa shape index (κ2) is 7.93. The van der Waals surface area contributed by atoms with Crippen LogP contribution >= 0.6 is 0 Å². The molecular weight excluding hydrogens is 271 g/mol. The molecule has 2 aromatic rings. The Labute approximate surface area is 143 Å². The quantitative estimate of drug-likeness (QED) is 0.641. The second-order valence-corrected chi connectivity index (χ2v) is 5.56. The van der Waals surface area contributed by atoms with Crippen molar-refractivity contribution < 1.29 is 28.4 Å². The molecule has 4 nitrogen and oxygen atoms in total. The average Bonchev–Trinajstić information content (AvgIpc) is 2.45. The first-order valence-electron chi connectivity index (χ1n) is 6.80. The van der Waals surface area contributed by atoms with Gasteiger partial charge in [0.05, 0.1) is 0 Å². The van der Waals surface area contributed by atoms with Crippen molar-refractivity contribution in [3.8, 4) is 0 Å². The van der Waals surface area contributed by atoms with Crippen LogP contribution in [0.15, 0.2) is 60.7 Å². The zero-order valence-electron chi connectivity index (χ0n) is 13.5. The third-order valence-electron chi connectivity index (χ3n) is 2.54. The number of hydrogen-bond donors (Lipinski definition) is 0. The van der Waals surface area contributed by atoms with Crippen LogP contribution in [0.3, 0.4) is 0 Å². The second-order valence-electron chi connectivity index (χ2n) is 5.56. The van der Waals surface area contributed by atoms with E-state index in [0.717, 1.165) is 0 Å². The van der Waals surface area contributed by atoms with Crippen molar-refractivity contribution in [3.05, 3.63) is 66.1 Å². The number of hydrogen-bond acceptors (Lipinski definition) is 2. The molecule has 1 amide bonds. The van der Waals surface area contributed by atoms with Crippen molar-refractivity contribution in [2.24, 2.45) is 0 Å². The van der Waals surface area contributed by atoms with E-state index in [9.17, 15) is 4.79 Å². The third-order valence-corrected chi connectivity index (χ3v) is 2.54. The van der Waals surface area contributed by atoms with E-state index >= 15 is 0 Å². The number of nitrogens with zero attached hydrogens (tertiary/aromatic N) is 2. The first-order valence-corrected chi connectivity index (χ1v) is 6.80. The Morgan fingerprint density at radius 1 is 0.955 bits per heavy atom. The van der Waals surface area contributed by atoms with Crippen LogP contribution < -0.4 is 23.9 Å². The van der Waals surface area contributed by atoms with Crippen LogP contribution in [0.4, 0.5) is 16.2 Å². The normalized spacial score (nSPS) is 10.3. The largest absolute Gasteiger partial charge is 1.00 e. The predicted molar refractivity (Wildman–Crippen MR) is 84.6 cm³/mol. The molecule has 5 heteroatoms. The fourth-order valence-corrected chi connectivity index (χ4v) is 1.69. The Hall–Kier alpha value is -1.89. The molecule has 0 spiro atoms. The van der Waals surface area contributed by atoms with Gasteiger partial charge < -0.3 is 15.2 Å². The maximum atomic E-state index is 12.4. The van der Waals surface area contributed by atoms with Gasteiger partial charge in [0.15, 0.2) is 0 Å². The molecule has 2 rings (SSSR count). The summed E-state index contributed by atoms with van der Waals surface area (Å²) in [5, 5.41) is 1.28. The van der Waals surface area contributed by atoms with Crippen molar-refractivity contribution >= 4 is 17.5 Å². The Balaban J connectivity index is 0.00000242. The minimum Gasteiger partial charge on any atom is -0.585 e. The standard InChI is InChI=1S/C17H19N2O2.Li/c1-17(2,3)21-16(20)19(15-12-8-5-9-13-15)18-14-10-6-4-7-11-14;/h4-13H,1-3H3;/q-1;+1. The maximum Gasteiger partial charge on any atom is 1.00 e. The molecule has 0 N–H and O–H groups in total. The number of rotatable bonds is 3. The average molecular weight is 290 g/mol. The van der Waals surface area contributed by atoms with Gasteiger partial charge in [0.25, 0.3) is 0 Å². The number of para-hydroxylation sites is 1. The van der Waals surface area contributed by atoms with Crippen LogP contribution in [0, 0.1) is 0 Å². The summed E-state index contributed by atoms with van der Waals surface area (Å²) >= 11 is 0. The van der Waals surface area contributed by atoms with E-state index in [1.54, 1.807) is 0 Å². The number of carbonyl (C=O) groups excluding carboxylic acids is 1. The van der Waals surface area contributed by atoms with Crippen LogP contribution in [-0.4, -0.2) is 11.7 Å². The summed E-state index contributed by atoms with van der Waals surface area (Å²) in [5.41, 5.74) is 5.15. The summed E-state index contributed by atoms with van der Waals surface area (Å²) in [6.45, 7) is 5.49. The van der Waals surface area contributed by atoms with Gasteiger partial charge >= 0.3 is 25.0 Å². The van der Waals surface area contributed by atoms with Gasteiger partial charge in [0.1, 0.15) is 5.60 Å². The van der Waals surface area contributed by atoms with E-state index < -0.39 is 11.7 Å². The zero-order chi connectivity index (χ0) is 15.3. The molecular formula is C17H19LiN2O2. The summed E-state index contributed by atoms with van der Waals surface area (Å²) < 4.78 is 5.42. The molecule has 0 atom stereocenters. The van der Waals surface area contributed by atoms with Gasteiger partial charge in [-0.25, -0.2) is 4.79 Å². The van der Waals surface area contributed by atoms with Crippen molar-refractivity contribution in [2.45, 2.75) is 26.4 Å². The van der Waals surface area contributed by atoms with Crippen molar-refractivity contribution in [1.29, 1.82) is 0 Å². The van der Waals surface area contributed by atoms with E-state index in [4.69, 9.17) is 4.74 Å². The minimum atomic E-state index is -0.573. The van der Waals surface area contributed by atoms with E-state index in [1.165, 1.54) is 5.01 Å². The Bertz CT molecular complexity index is 583. The number of amides is 1. The topological polar surface area (TPSA) is 43.6 Å². The van der Waals surface area contributed by atoms with E-state index in [2.05, 4.69) is 5.43 Å². The maximum absolute atomic E-state index is 12.4. The smallest absolute Gasteiger partial charge is 0.585 e. The van der Waals surface area contributed by atoms with Crippen molar-refractivity contribution in [3.63, 3.8) is 0 Å². The fraction of sp³-hybridized carbons (Fsp3) is 0.235. The molecule has 0 radical (unpaired) electrons. The molecule has 0 saturated heterocycles. The van der Waals surface area contributed by atoms with Gasteiger partial charge in [0.2, 0.25) is 0 Å². The molecule has 0 aliphatic carbocycles. The molecule has 0 bridgehead atoms. The molecule has 0 aliphatic rings. The van der Waals surface area contributed by atoms with Crippen LogP contribution in [0.2, 0.25) is 0 Å². The molecule has 2 aromatic carbocycles. The molecule has 0 unspecified atom stereocenters. The van der Waals surface area contributed by atoms with Gasteiger partial charge in [-0.1, -0.05) is 48.5 Å². The number of carbonyl (C=O) groups is 1. The zero-order valence-corrected chi connectivity index (χ0v) is 13.5. The number of anilines is 1. The van der Waals surface area contributed by atoms with Gasteiger partial charge in [-0.2, -0.15) is 0 Å². The molecule has 0 fully saturated rings. The molecule has 0 saturated carbocycles. The van der Waals surface area contributed by atoms with Crippen molar-refractivity contribution in [2.75, 3.05) is 5.01 Å². The number of benzene rings is 2. The van der Waals surface area contributed by atoms with Gasteiger partial charge in [-0.3, -0.25) is 0 Å². The first-order chi connectivity index (χ1) is 9.96. The first kappa shape index (κ1) is 18.2. The number of ether oxygens (including phenoxy) is 1. The molecule has 110 valence electrons. The van der Waals surface area contributed by atoms with E-state index in [0.29, 0.717) is 11.4 Å². The molecule has 22 heavy (non-hydrogen) atoms. The summed E-state index contributed by atoms with van der Waals surface area (Å²) in [4.78, 5) is 12.4. The summed E-state index contributed by atoms with van der Waals surface area (Å²) in [7, 11) is 0. The van der Waals surface area contributed by atoms with Crippen LogP contribution in [0.5, 0.6) is 0 Å². The van der Waals surface area contributed by atoms with E-state index in [-0.39, 0.29) is 18.9 Å². The molecule has 0 heterocycles.